The fourth-order valence-electron chi connectivity index (χ4n) is 4.31. The summed E-state index contributed by atoms with van der Waals surface area (Å²) in [6, 6.07) is 14.0. The molecule has 0 saturated carbocycles. The Bertz CT molecular complexity index is 1180. The second-order valence-electron chi connectivity index (χ2n) is 8.90. The smallest absolute Gasteiger partial charge is 0.228 e. The van der Waals surface area contributed by atoms with Crippen LogP contribution in [0.3, 0.4) is 0 Å². The molecule has 0 spiro atoms. The van der Waals surface area contributed by atoms with Gasteiger partial charge < -0.3 is 14.8 Å². The maximum atomic E-state index is 9.68. The minimum absolute atomic E-state index is 0.0747. The van der Waals surface area contributed by atoms with Gasteiger partial charge in [-0.1, -0.05) is 6.07 Å². The van der Waals surface area contributed by atoms with Gasteiger partial charge in [-0.3, -0.25) is 10.2 Å². The van der Waals surface area contributed by atoms with Crippen LogP contribution in [0.25, 0.3) is 11.3 Å². The van der Waals surface area contributed by atoms with Gasteiger partial charge in [0, 0.05) is 50.1 Å². The van der Waals surface area contributed by atoms with Crippen molar-refractivity contribution in [2.75, 3.05) is 38.8 Å². The largest absolute Gasteiger partial charge is 0.489 e. The summed E-state index contributed by atoms with van der Waals surface area (Å²) >= 11 is 0. The number of nitriles is 1. The van der Waals surface area contributed by atoms with Crippen LogP contribution in [-0.2, 0) is 4.74 Å². The number of pyridine rings is 1. The van der Waals surface area contributed by atoms with Crippen molar-refractivity contribution in [1.29, 1.82) is 5.26 Å². The van der Waals surface area contributed by atoms with Crippen molar-refractivity contribution in [3.8, 4) is 23.1 Å². The molecule has 2 aliphatic heterocycles. The van der Waals surface area contributed by atoms with Gasteiger partial charge in [0.15, 0.2) is 0 Å². The number of aromatic nitrogens is 3. The fourth-order valence-corrected chi connectivity index (χ4v) is 4.31. The van der Waals surface area contributed by atoms with E-state index in [9.17, 15) is 5.26 Å². The molecule has 1 unspecified atom stereocenters. The van der Waals surface area contributed by atoms with Gasteiger partial charge in [-0.2, -0.15) is 5.26 Å². The minimum atomic E-state index is 0.0747. The molecule has 0 aliphatic carbocycles. The number of hydrogen-bond donors (Lipinski definition) is 2. The van der Waals surface area contributed by atoms with Crippen molar-refractivity contribution in [2.45, 2.75) is 31.4 Å². The lowest BCUT2D eigenvalue weighted by atomic mass is 10.0. The predicted octanol–water partition coefficient (Wildman–Crippen LogP) is 3.64. The Kier molecular flexibility index (Phi) is 7.14. The molecule has 2 aliphatic rings. The maximum Gasteiger partial charge on any atom is 0.228 e. The molecule has 0 radical (unpaired) electrons. The molecule has 1 aromatic carbocycles. The van der Waals surface area contributed by atoms with E-state index in [4.69, 9.17) is 9.47 Å². The van der Waals surface area contributed by atoms with Crippen molar-refractivity contribution in [3.63, 3.8) is 0 Å². The van der Waals surface area contributed by atoms with E-state index in [0.717, 1.165) is 38.0 Å². The number of hydrogen-bond acceptors (Lipinski definition) is 9. The molecular weight excluding hydrogens is 442 g/mol. The van der Waals surface area contributed by atoms with E-state index < -0.39 is 0 Å². The summed E-state index contributed by atoms with van der Waals surface area (Å²) in [4.78, 5) is 15.8. The number of nitrogens with one attached hydrogen (secondary N) is 2. The van der Waals surface area contributed by atoms with E-state index in [1.165, 1.54) is 5.56 Å². The predicted molar refractivity (Wildman–Crippen MR) is 132 cm³/mol. The highest BCUT2D eigenvalue weighted by atomic mass is 16.5. The van der Waals surface area contributed by atoms with Crippen LogP contribution in [0, 0.1) is 11.3 Å². The third-order valence-corrected chi connectivity index (χ3v) is 6.35. The molecule has 2 N–H and O–H groups in total. The van der Waals surface area contributed by atoms with Gasteiger partial charge in [-0.25, -0.2) is 15.0 Å². The van der Waals surface area contributed by atoms with Crippen LogP contribution in [0.5, 0.6) is 5.75 Å². The first-order chi connectivity index (χ1) is 17.2. The van der Waals surface area contributed by atoms with Crippen LogP contribution in [0.4, 0.5) is 11.8 Å². The lowest BCUT2D eigenvalue weighted by Crippen LogP contribution is -2.41. The summed E-state index contributed by atoms with van der Waals surface area (Å²) in [5.74, 6) is 1.72. The van der Waals surface area contributed by atoms with E-state index in [1.807, 2.05) is 36.5 Å². The van der Waals surface area contributed by atoms with Gasteiger partial charge in [0.2, 0.25) is 5.95 Å². The van der Waals surface area contributed by atoms with Crippen molar-refractivity contribution in [1.82, 2.24) is 25.2 Å². The standard InChI is InChI=1S/C26H29N7O2/c1-33-11-7-22(30-17-33)19-3-5-25(29-16-19)32-26-28-10-6-23(31-26)18-2-4-24(20(14-18)15-27)35-21-8-12-34-13-9-21/h2-6,10,14,16,21-22,30H,7-9,11-13,17H2,1H3,(H,28,29,31,32). The topological polar surface area (TPSA) is 108 Å². The van der Waals surface area contributed by atoms with Gasteiger partial charge in [0.25, 0.3) is 0 Å². The molecule has 0 bridgehead atoms. The normalized spacial score (nSPS) is 19.1. The van der Waals surface area contributed by atoms with Crippen molar-refractivity contribution < 1.29 is 9.47 Å². The molecule has 9 nitrogen and oxygen atoms in total. The highest BCUT2D eigenvalue weighted by Crippen LogP contribution is 2.28. The highest BCUT2D eigenvalue weighted by Gasteiger charge is 2.19. The lowest BCUT2D eigenvalue weighted by molar-refractivity contribution is 0.0254. The molecule has 5 rings (SSSR count). The zero-order valence-corrected chi connectivity index (χ0v) is 19.8. The van der Waals surface area contributed by atoms with Gasteiger partial charge in [0.05, 0.1) is 24.5 Å². The third-order valence-electron chi connectivity index (χ3n) is 6.35. The first-order valence-corrected chi connectivity index (χ1v) is 11.9. The van der Waals surface area contributed by atoms with E-state index >= 15 is 0 Å². The molecule has 3 aromatic rings. The summed E-state index contributed by atoms with van der Waals surface area (Å²) in [6.45, 7) is 3.32. The zero-order chi connectivity index (χ0) is 24.0. The zero-order valence-electron chi connectivity index (χ0n) is 19.8. The second kappa shape index (κ2) is 10.8. The van der Waals surface area contributed by atoms with Gasteiger partial charge in [-0.15, -0.1) is 0 Å². The van der Waals surface area contributed by atoms with E-state index in [2.05, 4.69) is 49.7 Å². The summed E-state index contributed by atoms with van der Waals surface area (Å²) in [6.07, 6.45) is 6.38. The quantitative estimate of drug-likeness (QED) is 0.557. The van der Waals surface area contributed by atoms with Crippen molar-refractivity contribution in [3.05, 3.63) is 59.9 Å². The van der Waals surface area contributed by atoms with Crippen LogP contribution in [-0.4, -0.2) is 59.4 Å². The average Bonchev–Trinajstić information content (AvgIpc) is 2.91. The van der Waals surface area contributed by atoms with Crippen LogP contribution in [0.2, 0.25) is 0 Å². The Morgan fingerprint density at radius 2 is 2.03 bits per heavy atom. The Labute approximate surface area is 205 Å². The first kappa shape index (κ1) is 23.2. The lowest BCUT2D eigenvalue weighted by Gasteiger charge is -2.30. The minimum Gasteiger partial charge on any atom is -0.489 e. The maximum absolute atomic E-state index is 9.68. The van der Waals surface area contributed by atoms with Crippen LogP contribution in [0.15, 0.2) is 48.8 Å². The van der Waals surface area contributed by atoms with E-state index in [1.54, 1.807) is 6.20 Å². The van der Waals surface area contributed by atoms with Gasteiger partial charge in [0.1, 0.15) is 23.7 Å². The molecule has 35 heavy (non-hydrogen) atoms. The Hall–Kier alpha value is -3.58. The molecule has 0 amide bonds. The van der Waals surface area contributed by atoms with Crippen molar-refractivity contribution >= 4 is 11.8 Å². The van der Waals surface area contributed by atoms with Crippen LogP contribution >= 0.6 is 0 Å². The molecular formula is C26H29N7O2. The summed E-state index contributed by atoms with van der Waals surface area (Å²) in [7, 11) is 2.11. The summed E-state index contributed by atoms with van der Waals surface area (Å²) < 4.78 is 11.5. The molecule has 2 fully saturated rings. The number of ether oxygens (including phenoxy) is 2. The highest BCUT2D eigenvalue weighted by molar-refractivity contribution is 5.65. The molecule has 2 saturated heterocycles. The molecule has 2 aromatic heterocycles. The fraction of sp³-hybridized carbons (Fsp3) is 0.385. The number of benzene rings is 1. The number of nitrogens with zero attached hydrogens (tertiary/aromatic N) is 5. The molecule has 1 atom stereocenters. The van der Waals surface area contributed by atoms with E-state index in [-0.39, 0.29) is 6.10 Å². The van der Waals surface area contributed by atoms with Crippen molar-refractivity contribution in [2.24, 2.45) is 0 Å². The first-order valence-electron chi connectivity index (χ1n) is 11.9. The Morgan fingerprint density at radius 3 is 2.77 bits per heavy atom. The third kappa shape index (κ3) is 5.74. The Morgan fingerprint density at radius 1 is 1.14 bits per heavy atom. The van der Waals surface area contributed by atoms with E-state index in [0.29, 0.717) is 48.0 Å². The molecule has 4 heterocycles. The molecule has 9 heteroatoms. The average molecular weight is 472 g/mol. The second-order valence-corrected chi connectivity index (χ2v) is 8.90. The van der Waals surface area contributed by atoms with Crippen LogP contribution < -0.4 is 15.4 Å². The van der Waals surface area contributed by atoms with Crippen LogP contribution in [0.1, 0.15) is 36.4 Å². The Balaban J connectivity index is 1.27. The number of rotatable bonds is 6. The monoisotopic (exact) mass is 471 g/mol. The molecule has 180 valence electrons. The number of anilines is 2. The van der Waals surface area contributed by atoms with Gasteiger partial charge in [-0.05, 0) is 49.4 Å². The summed E-state index contributed by atoms with van der Waals surface area (Å²) in [5, 5.41) is 16.4. The van der Waals surface area contributed by atoms with Gasteiger partial charge >= 0.3 is 0 Å². The summed E-state index contributed by atoms with van der Waals surface area (Å²) in [5.41, 5.74) is 3.19. The SMILES string of the molecule is CN1CCC(c2ccc(Nc3nccc(-c4ccc(OC5CCOCC5)c(C#N)c4)n3)nc2)NC1.